The summed E-state index contributed by atoms with van der Waals surface area (Å²) >= 11 is 0. The first kappa shape index (κ1) is 13.2. The van der Waals surface area contributed by atoms with Crippen LogP contribution in [0.5, 0.6) is 0 Å². The lowest BCUT2D eigenvalue weighted by Crippen LogP contribution is -2.59. The maximum Gasteiger partial charge on any atom is 0.405 e. The molecule has 7 heteroatoms. The minimum atomic E-state index is -1.05. The van der Waals surface area contributed by atoms with Crippen molar-refractivity contribution in [3.05, 3.63) is 0 Å². The summed E-state index contributed by atoms with van der Waals surface area (Å²) in [5.74, 6) is 0. The highest BCUT2D eigenvalue weighted by Crippen LogP contribution is 2.25. The Kier molecular flexibility index (Phi) is 4.48. The fourth-order valence-corrected chi connectivity index (χ4v) is 1.77. The summed E-state index contributed by atoms with van der Waals surface area (Å²) in [5.41, 5.74) is 4.90. The van der Waals surface area contributed by atoms with Gasteiger partial charge in [-0.3, -0.25) is 0 Å². The van der Waals surface area contributed by atoms with Gasteiger partial charge >= 0.3 is 6.09 Å². The number of hydrogen-bond donors (Lipinski definition) is 2. The van der Waals surface area contributed by atoms with E-state index in [9.17, 15) is 9.90 Å². The van der Waals surface area contributed by atoms with Gasteiger partial charge < -0.3 is 29.8 Å². The molecule has 1 rings (SSSR count). The number of nitrogens with two attached hydrogens (primary N) is 1. The molecule has 1 heterocycles. The number of ether oxygens (including phenoxy) is 4. The molecule has 0 aromatic carbocycles. The van der Waals surface area contributed by atoms with Crippen molar-refractivity contribution in [3.63, 3.8) is 0 Å². The summed E-state index contributed by atoms with van der Waals surface area (Å²) in [6, 6.07) is 0. The fourth-order valence-electron chi connectivity index (χ4n) is 1.77. The topological polar surface area (TPSA) is 100 Å². The lowest BCUT2D eigenvalue weighted by Gasteiger charge is -2.41. The first-order chi connectivity index (χ1) is 7.51. The normalized spacial score (nSPS) is 39.4. The van der Waals surface area contributed by atoms with E-state index in [2.05, 4.69) is 0 Å². The van der Waals surface area contributed by atoms with Crippen molar-refractivity contribution in [3.8, 4) is 0 Å². The third kappa shape index (κ3) is 2.62. The molecule has 94 valence electrons. The predicted octanol–water partition coefficient (Wildman–Crippen LogP) is -0.783. The lowest BCUT2D eigenvalue weighted by atomic mass is 9.99. The second-order valence-corrected chi connectivity index (χ2v) is 3.54. The van der Waals surface area contributed by atoms with Crippen LogP contribution in [0.25, 0.3) is 0 Å². The Morgan fingerprint density at radius 3 is 2.38 bits per heavy atom. The summed E-state index contributed by atoms with van der Waals surface area (Å²) in [7, 11) is 2.82. The molecule has 1 aliphatic heterocycles. The number of aliphatic hydroxyl groups is 1. The number of hydrogen-bond acceptors (Lipinski definition) is 6. The SMILES string of the molecule is COC1OC(C)[C@H](OC)C(O)[C@@H]1OC(N)=O. The second kappa shape index (κ2) is 5.44. The van der Waals surface area contributed by atoms with E-state index in [1.807, 2.05) is 0 Å². The van der Waals surface area contributed by atoms with Crippen LogP contribution in [-0.2, 0) is 18.9 Å². The van der Waals surface area contributed by atoms with E-state index in [-0.39, 0.29) is 6.10 Å². The molecule has 0 aromatic rings. The summed E-state index contributed by atoms with van der Waals surface area (Å²) in [6.45, 7) is 1.73. The van der Waals surface area contributed by atoms with Gasteiger partial charge in [-0.2, -0.15) is 0 Å². The highest BCUT2D eigenvalue weighted by atomic mass is 16.7. The molecule has 3 N–H and O–H groups in total. The van der Waals surface area contributed by atoms with Crippen LogP contribution in [0.2, 0.25) is 0 Å². The van der Waals surface area contributed by atoms with Crippen LogP contribution in [0.4, 0.5) is 4.79 Å². The van der Waals surface area contributed by atoms with E-state index >= 15 is 0 Å². The molecular formula is C9H17NO6. The van der Waals surface area contributed by atoms with E-state index in [1.165, 1.54) is 14.2 Å². The first-order valence-electron chi connectivity index (χ1n) is 4.86. The maximum absolute atomic E-state index is 10.7. The van der Waals surface area contributed by atoms with Crippen molar-refractivity contribution in [2.24, 2.45) is 5.73 Å². The monoisotopic (exact) mass is 235 g/mol. The minimum absolute atomic E-state index is 0.377. The van der Waals surface area contributed by atoms with Crippen molar-refractivity contribution in [1.82, 2.24) is 0 Å². The Hall–Kier alpha value is -0.890. The number of aliphatic hydroxyl groups excluding tert-OH is 1. The van der Waals surface area contributed by atoms with Crippen LogP contribution < -0.4 is 5.73 Å². The molecule has 3 unspecified atom stereocenters. The van der Waals surface area contributed by atoms with Gasteiger partial charge in [-0.1, -0.05) is 0 Å². The lowest BCUT2D eigenvalue weighted by molar-refractivity contribution is -0.288. The maximum atomic E-state index is 10.7. The summed E-state index contributed by atoms with van der Waals surface area (Å²) in [5, 5.41) is 9.93. The molecule has 0 saturated carbocycles. The first-order valence-corrected chi connectivity index (χ1v) is 4.86. The second-order valence-electron chi connectivity index (χ2n) is 3.54. The molecule has 1 fully saturated rings. The largest absolute Gasteiger partial charge is 0.438 e. The van der Waals surface area contributed by atoms with Gasteiger partial charge in [0.05, 0.1) is 6.10 Å². The Morgan fingerprint density at radius 2 is 1.94 bits per heavy atom. The summed E-state index contributed by atoms with van der Waals surface area (Å²) < 4.78 is 20.2. The van der Waals surface area contributed by atoms with Gasteiger partial charge in [0.2, 0.25) is 0 Å². The van der Waals surface area contributed by atoms with Crippen molar-refractivity contribution in [2.75, 3.05) is 14.2 Å². The van der Waals surface area contributed by atoms with Gasteiger partial charge in [-0.25, -0.2) is 4.79 Å². The minimum Gasteiger partial charge on any atom is -0.438 e. The Morgan fingerprint density at radius 1 is 1.31 bits per heavy atom. The van der Waals surface area contributed by atoms with Crippen LogP contribution in [0.3, 0.4) is 0 Å². The number of rotatable bonds is 3. The Bertz CT molecular complexity index is 248. The zero-order valence-electron chi connectivity index (χ0n) is 9.45. The molecule has 5 atom stereocenters. The van der Waals surface area contributed by atoms with Gasteiger partial charge in [0.1, 0.15) is 12.2 Å². The van der Waals surface area contributed by atoms with Crippen molar-refractivity contribution < 1.29 is 28.8 Å². The quantitative estimate of drug-likeness (QED) is 0.665. The highest BCUT2D eigenvalue weighted by Gasteiger charge is 2.46. The summed E-state index contributed by atoms with van der Waals surface area (Å²) in [4.78, 5) is 10.7. The van der Waals surface area contributed by atoms with Crippen LogP contribution in [0.15, 0.2) is 0 Å². The van der Waals surface area contributed by atoms with Crippen LogP contribution in [0.1, 0.15) is 6.92 Å². The van der Waals surface area contributed by atoms with Crippen LogP contribution in [0, 0.1) is 0 Å². The van der Waals surface area contributed by atoms with Crippen LogP contribution >= 0.6 is 0 Å². The molecule has 0 aromatic heterocycles. The van der Waals surface area contributed by atoms with Gasteiger partial charge in [0.25, 0.3) is 0 Å². The number of primary amides is 1. The van der Waals surface area contributed by atoms with E-state index in [0.717, 1.165) is 0 Å². The molecule has 0 aliphatic carbocycles. The molecule has 7 nitrogen and oxygen atoms in total. The van der Waals surface area contributed by atoms with Crippen molar-refractivity contribution >= 4 is 6.09 Å². The van der Waals surface area contributed by atoms with Gasteiger partial charge in [-0.15, -0.1) is 0 Å². The summed E-state index contributed by atoms with van der Waals surface area (Å²) in [6.07, 6.45) is -4.88. The van der Waals surface area contributed by atoms with Gasteiger partial charge in [0, 0.05) is 14.2 Å². The molecule has 16 heavy (non-hydrogen) atoms. The smallest absolute Gasteiger partial charge is 0.405 e. The molecular weight excluding hydrogens is 218 g/mol. The highest BCUT2D eigenvalue weighted by molar-refractivity contribution is 5.64. The van der Waals surface area contributed by atoms with Crippen molar-refractivity contribution in [1.29, 1.82) is 0 Å². The fraction of sp³-hybridized carbons (Fsp3) is 0.889. The standard InChI is InChI=1S/C9H17NO6/c1-4-6(13-2)5(11)7(16-9(10)12)8(14-3)15-4/h4-8,11H,1-3H3,(H2,10,12)/t4?,5?,6-,7-,8?/m0/s1. The third-order valence-electron chi connectivity index (χ3n) is 2.51. The number of amides is 1. The van der Waals surface area contributed by atoms with E-state index in [0.29, 0.717) is 0 Å². The molecule has 1 amide bonds. The van der Waals surface area contributed by atoms with Gasteiger partial charge in [-0.05, 0) is 6.92 Å². The van der Waals surface area contributed by atoms with Crippen molar-refractivity contribution in [2.45, 2.75) is 37.6 Å². The van der Waals surface area contributed by atoms with E-state index in [1.54, 1.807) is 6.92 Å². The molecule has 1 aliphatic rings. The predicted molar refractivity (Wildman–Crippen MR) is 52.6 cm³/mol. The zero-order chi connectivity index (χ0) is 12.3. The molecule has 0 spiro atoms. The number of methoxy groups -OCH3 is 2. The number of carbonyl (C=O) groups excluding carboxylic acids is 1. The number of carbonyl (C=O) groups is 1. The molecule has 0 bridgehead atoms. The average Bonchev–Trinajstić information content (AvgIpc) is 2.22. The van der Waals surface area contributed by atoms with E-state index in [4.69, 9.17) is 24.7 Å². The van der Waals surface area contributed by atoms with E-state index < -0.39 is 30.7 Å². The van der Waals surface area contributed by atoms with Gasteiger partial charge in [0.15, 0.2) is 12.4 Å². The zero-order valence-corrected chi connectivity index (χ0v) is 9.45. The third-order valence-corrected chi connectivity index (χ3v) is 2.51. The molecule has 0 radical (unpaired) electrons. The molecule has 1 saturated heterocycles. The Labute approximate surface area is 93.4 Å². The van der Waals surface area contributed by atoms with Crippen LogP contribution in [-0.4, -0.2) is 56.1 Å². The Balaban J connectivity index is 2.79. The average molecular weight is 235 g/mol.